The molecule has 0 aliphatic heterocycles. The number of aryl methyl sites for hydroxylation is 2. The van der Waals surface area contributed by atoms with Crippen molar-refractivity contribution in [3.63, 3.8) is 0 Å². The van der Waals surface area contributed by atoms with E-state index >= 15 is 0 Å². The van der Waals surface area contributed by atoms with Gasteiger partial charge in [0.15, 0.2) is 0 Å². The van der Waals surface area contributed by atoms with Crippen LogP contribution in [0.1, 0.15) is 21.7 Å². The van der Waals surface area contributed by atoms with E-state index in [0.29, 0.717) is 16.8 Å². The Morgan fingerprint density at radius 2 is 1.77 bits per heavy atom. The molecule has 1 amide bonds. The molecule has 0 spiro atoms. The first kappa shape index (κ1) is 16.0. The van der Waals surface area contributed by atoms with Gasteiger partial charge in [0.2, 0.25) is 0 Å². The maximum atomic E-state index is 12.6. The van der Waals surface area contributed by atoms with Crippen LogP contribution < -0.4 is 5.32 Å². The van der Waals surface area contributed by atoms with E-state index in [0.717, 1.165) is 28.2 Å². The summed E-state index contributed by atoms with van der Waals surface area (Å²) in [6, 6.07) is 14.8. The van der Waals surface area contributed by atoms with E-state index in [9.17, 15) is 4.79 Å². The lowest BCUT2D eigenvalue weighted by molar-refractivity contribution is 0.102. The summed E-state index contributed by atoms with van der Waals surface area (Å²) < 4.78 is 0. The Hall–Kier alpha value is -3.54. The van der Waals surface area contributed by atoms with Crippen molar-refractivity contribution in [2.45, 2.75) is 13.8 Å². The molecule has 4 rings (SSSR count). The maximum absolute atomic E-state index is 12.6. The molecule has 0 saturated carbocycles. The standard InChI is InChI=1S/C20H17N5O/c1-12-13(2)23-19-11-15(6-7-18(19)22-12)20(26)24-16-5-3-4-14(10-16)17-8-9-21-25-17/h3-11H,1-2H3,(H,21,25)(H,24,26). The summed E-state index contributed by atoms with van der Waals surface area (Å²) in [6.07, 6.45) is 1.69. The first-order valence-corrected chi connectivity index (χ1v) is 8.26. The van der Waals surface area contributed by atoms with E-state index in [4.69, 9.17) is 0 Å². The number of nitrogens with zero attached hydrogens (tertiary/aromatic N) is 3. The van der Waals surface area contributed by atoms with Crippen LogP contribution in [-0.2, 0) is 0 Å². The Morgan fingerprint density at radius 1 is 0.962 bits per heavy atom. The summed E-state index contributed by atoms with van der Waals surface area (Å²) in [5, 5.41) is 9.80. The molecule has 2 heterocycles. The van der Waals surface area contributed by atoms with Gasteiger partial charge in [0, 0.05) is 23.0 Å². The second-order valence-corrected chi connectivity index (χ2v) is 6.10. The van der Waals surface area contributed by atoms with Gasteiger partial charge in [-0.3, -0.25) is 9.89 Å². The lowest BCUT2D eigenvalue weighted by Crippen LogP contribution is -2.12. The predicted molar refractivity (Wildman–Crippen MR) is 101 cm³/mol. The first-order valence-electron chi connectivity index (χ1n) is 8.26. The average molecular weight is 343 g/mol. The van der Waals surface area contributed by atoms with E-state index in [2.05, 4.69) is 25.5 Å². The van der Waals surface area contributed by atoms with Crippen LogP contribution in [0, 0.1) is 13.8 Å². The highest BCUT2D eigenvalue weighted by molar-refractivity contribution is 6.06. The van der Waals surface area contributed by atoms with Crippen molar-refractivity contribution in [3.8, 4) is 11.3 Å². The SMILES string of the molecule is Cc1nc2ccc(C(=O)Nc3cccc(-c4ccn[nH]4)c3)cc2nc1C. The molecule has 0 atom stereocenters. The minimum atomic E-state index is -0.186. The smallest absolute Gasteiger partial charge is 0.255 e. The Morgan fingerprint density at radius 3 is 2.54 bits per heavy atom. The van der Waals surface area contributed by atoms with Crippen molar-refractivity contribution < 1.29 is 4.79 Å². The van der Waals surface area contributed by atoms with E-state index in [1.54, 1.807) is 18.3 Å². The highest BCUT2D eigenvalue weighted by Crippen LogP contribution is 2.21. The molecule has 128 valence electrons. The number of anilines is 1. The van der Waals surface area contributed by atoms with Crippen molar-refractivity contribution in [3.05, 3.63) is 71.7 Å². The second kappa shape index (κ2) is 6.40. The summed E-state index contributed by atoms with van der Waals surface area (Å²) in [5.74, 6) is -0.186. The fraction of sp³-hybridized carbons (Fsp3) is 0.100. The van der Waals surface area contributed by atoms with Gasteiger partial charge in [0.25, 0.3) is 5.91 Å². The Bertz CT molecular complexity index is 1100. The van der Waals surface area contributed by atoms with Crippen LogP contribution in [0.4, 0.5) is 5.69 Å². The van der Waals surface area contributed by atoms with Crippen LogP contribution >= 0.6 is 0 Å². The summed E-state index contributed by atoms with van der Waals surface area (Å²) in [4.78, 5) is 21.6. The molecule has 0 fully saturated rings. The Kier molecular flexibility index (Phi) is 3.93. The largest absolute Gasteiger partial charge is 0.322 e. The second-order valence-electron chi connectivity index (χ2n) is 6.10. The van der Waals surface area contributed by atoms with Crippen LogP contribution in [0.15, 0.2) is 54.7 Å². The molecule has 0 saturated heterocycles. The van der Waals surface area contributed by atoms with Gasteiger partial charge in [0.05, 0.1) is 28.1 Å². The fourth-order valence-corrected chi connectivity index (χ4v) is 2.76. The fourth-order valence-electron chi connectivity index (χ4n) is 2.76. The Balaban J connectivity index is 1.61. The van der Waals surface area contributed by atoms with Gasteiger partial charge in [-0.25, -0.2) is 9.97 Å². The molecule has 0 bridgehead atoms. The topological polar surface area (TPSA) is 83.6 Å². The molecular weight excluding hydrogens is 326 g/mol. The van der Waals surface area contributed by atoms with Crippen molar-refractivity contribution >= 4 is 22.6 Å². The molecule has 2 aromatic heterocycles. The molecule has 6 heteroatoms. The number of hydrogen-bond donors (Lipinski definition) is 2. The van der Waals surface area contributed by atoms with Gasteiger partial charge in [-0.1, -0.05) is 12.1 Å². The molecular formula is C20H17N5O. The highest BCUT2D eigenvalue weighted by Gasteiger charge is 2.10. The van der Waals surface area contributed by atoms with Crippen LogP contribution in [-0.4, -0.2) is 26.1 Å². The van der Waals surface area contributed by atoms with Crippen LogP contribution in [0.2, 0.25) is 0 Å². The van der Waals surface area contributed by atoms with E-state index in [1.807, 2.05) is 50.2 Å². The molecule has 0 aliphatic carbocycles. The van der Waals surface area contributed by atoms with Gasteiger partial charge in [-0.2, -0.15) is 5.10 Å². The first-order chi connectivity index (χ1) is 12.6. The number of aromatic nitrogens is 4. The minimum Gasteiger partial charge on any atom is -0.322 e. The van der Waals surface area contributed by atoms with Gasteiger partial charge in [-0.05, 0) is 50.2 Å². The normalized spacial score (nSPS) is 10.8. The highest BCUT2D eigenvalue weighted by atomic mass is 16.1. The summed E-state index contributed by atoms with van der Waals surface area (Å²) >= 11 is 0. The van der Waals surface area contributed by atoms with Crippen molar-refractivity contribution in [2.75, 3.05) is 5.32 Å². The van der Waals surface area contributed by atoms with Gasteiger partial charge < -0.3 is 5.32 Å². The average Bonchev–Trinajstić information content (AvgIpc) is 3.17. The molecule has 0 radical (unpaired) electrons. The van der Waals surface area contributed by atoms with Crippen LogP contribution in [0.3, 0.4) is 0 Å². The third-order valence-electron chi connectivity index (χ3n) is 4.27. The van der Waals surface area contributed by atoms with Crippen LogP contribution in [0.25, 0.3) is 22.3 Å². The van der Waals surface area contributed by atoms with Gasteiger partial charge >= 0.3 is 0 Å². The van der Waals surface area contributed by atoms with Crippen LogP contribution in [0.5, 0.6) is 0 Å². The lowest BCUT2D eigenvalue weighted by atomic mass is 10.1. The zero-order valence-electron chi connectivity index (χ0n) is 14.4. The number of amides is 1. The van der Waals surface area contributed by atoms with E-state index in [1.165, 1.54) is 0 Å². The van der Waals surface area contributed by atoms with Gasteiger partial charge in [-0.15, -0.1) is 0 Å². The number of hydrogen-bond acceptors (Lipinski definition) is 4. The number of benzene rings is 2. The molecule has 0 aliphatic rings. The molecule has 2 aromatic carbocycles. The lowest BCUT2D eigenvalue weighted by Gasteiger charge is -2.08. The number of nitrogens with one attached hydrogen (secondary N) is 2. The number of carbonyl (C=O) groups is 1. The van der Waals surface area contributed by atoms with E-state index in [-0.39, 0.29) is 5.91 Å². The number of carbonyl (C=O) groups excluding carboxylic acids is 1. The zero-order valence-corrected chi connectivity index (χ0v) is 14.4. The maximum Gasteiger partial charge on any atom is 0.255 e. The molecule has 4 aromatic rings. The predicted octanol–water partition coefficient (Wildman–Crippen LogP) is 3.89. The molecule has 2 N–H and O–H groups in total. The third-order valence-corrected chi connectivity index (χ3v) is 4.27. The number of fused-ring (bicyclic) bond motifs is 1. The number of aromatic amines is 1. The number of H-pyrrole nitrogens is 1. The summed E-state index contributed by atoms with van der Waals surface area (Å²) in [6.45, 7) is 3.84. The number of rotatable bonds is 3. The summed E-state index contributed by atoms with van der Waals surface area (Å²) in [7, 11) is 0. The minimum absolute atomic E-state index is 0.186. The van der Waals surface area contributed by atoms with Crippen molar-refractivity contribution in [1.82, 2.24) is 20.2 Å². The molecule has 0 unspecified atom stereocenters. The molecule has 6 nitrogen and oxygen atoms in total. The van der Waals surface area contributed by atoms with Gasteiger partial charge in [0.1, 0.15) is 0 Å². The molecule has 26 heavy (non-hydrogen) atoms. The summed E-state index contributed by atoms with van der Waals surface area (Å²) in [5.41, 5.74) is 6.37. The monoisotopic (exact) mass is 343 g/mol. The zero-order chi connectivity index (χ0) is 18.1. The van der Waals surface area contributed by atoms with Crippen molar-refractivity contribution in [2.24, 2.45) is 0 Å². The third kappa shape index (κ3) is 3.04. The Labute approximate surface area is 150 Å². The quantitative estimate of drug-likeness (QED) is 0.591. The van der Waals surface area contributed by atoms with Crippen molar-refractivity contribution in [1.29, 1.82) is 0 Å². The van der Waals surface area contributed by atoms with E-state index < -0.39 is 0 Å².